The van der Waals surface area contributed by atoms with Crippen molar-refractivity contribution in [2.24, 2.45) is 83.4 Å². The van der Waals surface area contributed by atoms with Crippen LogP contribution in [0.1, 0.15) is 214 Å². The van der Waals surface area contributed by atoms with Gasteiger partial charge in [-0.3, -0.25) is 4.79 Å². The maximum Gasteiger partial charge on any atom is 0.356 e. The molecule has 2 aliphatic rings. The number of nitrogens with zero attached hydrogens (tertiary/aromatic N) is 10. The molecule has 0 saturated heterocycles. The van der Waals surface area contributed by atoms with Crippen LogP contribution in [0.3, 0.4) is 0 Å². The second-order valence-electron chi connectivity index (χ2n) is 29.5. The highest BCUT2D eigenvalue weighted by molar-refractivity contribution is 8.13. The third-order valence-corrected chi connectivity index (χ3v) is 31.6. The van der Waals surface area contributed by atoms with Crippen LogP contribution in [0.4, 0.5) is 14.5 Å². The number of benzene rings is 1. The molecule has 8 atom stereocenters. The highest BCUT2D eigenvalue weighted by atomic mass is 35.7. The summed E-state index contributed by atoms with van der Waals surface area (Å²) in [5.41, 5.74) is 2.77. The zero-order valence-corrected chi connectivity index (χ0v) is 84.9. The lowest BCUT2D eigenvalue weighted by atomic mass is 10.0. The average Bonchev–Trinajstić information content (AvgIpc) is 1.61. The molecule has 0 radical (unpaired) electrons. The third-order valence-electron chi connectivity index (χ3n) is 19.3. The van der Waals surface area contributed by atoms with Gasteiger partial charge in [0.1, 0.15) is 83.6 Å². The van der Waals surface area contributed by atoms with Crippen LogP contribution >= 0.6 is 45.5 Å². The number of anilines is 1. The second kappa shape index (κ2) is 56.9. The number of hydrogen-bond acceptors (Lipinski definition) is 23. The number of aromatic nitrogens is 6. The minimum absolute atomic E-state index is 0. The molecule has 35 nitrogen and oxygen atoms in total. The van der Waals surface area contributed by atoms with Crippen molar-refractivity contribution in [3.05, 3.63) is 177 Å². The van der Waals surface area contributed by atoms with Gasteiger partial charge in [-0.05, 0) is 77.5 Å². The molecule has 0 aliphatic carbocycles. The first-order valence-electron chi connectivity index (χ1n) is 40.2. The molecular weight excluding hydrogens is 1970 g/mol. The van der Waals surface area contributed by atoms with Crippen LogP contribution in [0.2, 0.25) is 15.1 Å². The van der Waals surface area contributed by atoms with Crippen molar-refractivity contribution >= 4 is 164 Å². The Morgan fingerprint density at radius 1 is 0.485 bits per heavy atom. The van der Waals surface area contributed by atoms with Gasteiger partial charge in [-0.2, -0.15) is 0 Å². The molecule has 6 aromatic heterocycles. The smallest absolute Gasteiger partial charge is 0.356 e. The molecule has 8 unspecified atom stereocenters. The van der Waals surface area contributed by atoms with Crippen LogP contribution in [0.25, 0.3) is 18.2 Å². The van der Waals surface area contributed by atoms with E-state index in [9.17, 15) is 71.2 Å². The standard InChI is InChI=1S/C19H22F2N4O2S.C17H27N3O3S.C15H24ClN3O3S.C15H23N3O3S.C9H13ClN2O4S.C8H9Cl2NO4S.6CH4/c1-11(2)16-8-6-13-17(28(27,22-3)24-16)10-25(4)18(13)19(26)23-12-5-7-14(20)15(21)9-12;1-8-13-15(11-20(7)16(13)17(21)23-10-3)24(22,18-6)19-14(9-2)12(4)5;1-7-11(10(3)4)18-23(21,17-5)12-9-19(6)14(13(12)16)15(20)22-8-2;1-6-21-15(19)14-11-7-8-12(10(2)3)17-22(20,16-4)13(11)9-18(14)5;1-4-16-9(13)8-7(10)6(5-12(8)3)17(14,15)11-2;1-3-15-8(12)7-6(9)5(4-11(7)2)16(10,13)14;;;;;;/h5-11,16H,1-4H3,(H,23,26)(H,22,24,27);8-9,11-12,14H,1-2,10H2,3-7H3,(H,18,19,22);7,9-11H,1,8H2,2-6H3,(H,17,18,21);7-10,12H,6H2,1-5H3,(H,16,17,20);5,11H,4H2,1-3H3;4H,3H2,1-2H3;6*1H4. The van der Waals surface area contributed by atoms with Crippen molar-refractivity contribution in [1.29, 1.82) is 0 Å². The Bertz CT molecular complexity index is 6210. The van der Waals surface area contributed by atoms with E-state index in [2.05, 4.69) is 66.1 Å². The lowest BCUT2D eigenvalue weighted by Crippen LogP contribution is -2.36. The van der Waals surface area contributed by atoms with E-state index in [-0.39, 0.29) is 177 Å². The summed E-state index contributed by atoms with van der Waals surface area (Å²) in [6, 6.07) is 2.45. The van der Waals surface area contributed by atoms with Crippen LogP contribution in [0.15, 0.2) is 146 Å². The molecule has 1 amide bonds. The summed E-state index contributed by atoms with van der Waals surface area (Å²) in [5, 5.41) is 2.28. The molecule has 0 bridgehead atoms. The molecule has 0 saturated carbocycles. The number of carbonyl (C=O) groups is 6. The number of halogens is 6. The molecule has 6 N–H and O–H groups in total. The molecule has 1 aromatic carbocycles. The van der Waals surface area contributed by atoms with Crippen molar-refractivity contribution in [1.82, 2.24) is 51.0 Å². The van der Waals surface area contributed by atoms with E-state index < -0.39 is 106 Å². The Morgan fingerprint density at radius 3 is 1.12 bits per heavy atom. The van der Waals surface area contributed by atoms with Gasteiger partial charge in [-0.1, -0.05) is 184 Å². The SMILES string of the molecule is C.C.C.C.C.C.C=CC(NS(=O)(=NC)c1cn(C)c(C(=O)OCC)c1Cl)C(C)C.C=Cc1c(S(=O)(=NC)NC(C=C)C(C)C)cn(C)c1C(=O)OCC.CCOC(=O)c1c(Cl)c(S(=O)(=O)Cl)cn1C.CCOC(=O)c1c(Cl)c(S(=O)(=O)NC)cn1C.CCOC(=O)c1c2c(cn1C)S(=O)(=NC)NC(C(C)C)C=C2.CN=S1(=O)NC(C(C)C)C=Cc2c1cn(C)c2C(=O)Nc1ccc(F)c(F)c1. The maximum absolute atomic E-state index is 13.4. The van der Waals surface area contributed by atoms with Gasteiger partial charge in [0.05, 0.1) is 67.7 Å². The lowest BCUT2D eigenvalue weighted by Gasteiger charge is -2.21. The van der Waals surface area contributed by atoms with Gasteiger partial charge in [0.25, 0.3) is 15.0 Å². The molecule has 8 heterocycles. The van der Waals surface area contributed by atoms with Gasteiger partial charge in [-0.15, -0.1) is 13.2 Å². The summed E-state index contributed by atoms with van der Waals surface area (Å²) in [4.78, 5) is 73.5. The highest BCUT2D eigenvalue weighted by Crippen LogP contribution is 2.36. The Morgan fingerprint density at radius 2 is 0.801 bits per heavy atom. The Balaban J connectivity index is -0.00000156. The van der Waals surface area contributed by atoms with Crippen LogP contribution in [-0.2, 0) is 125 Å². The van der Waals surface area contributed by atoms with Crippen molar-refractivity contribution in [2.45, 2.75) is 188 Å². The lowest BCUT2D eigenvalue weighted by molar-refractivity contribution is 0.0505. The fourth-order valence-electron chi connectivity index (χ4n) is 12.4. The molecule has 136 heavy (non-hydrogen) atoms. The molecule has 47 heteroatoms. The number of sulfonamides is 1. The predicted octanol–water partition coefficient (Wildman–Crippen LogP) is 18.2. The van der Waals surface area contributed by atoms with Gasteiger partial charge >= 0.3 is 29.8 Å². The molecular formula is C89H142Cl4F2N16O19S6. The summed E-state index contributed by atoms with van der Waals surface area (Å²) < 4.78 is 189. The number of ether oxygens (including phenoxy) is 5. The van der Waals surface area contributed by atoms with Crippen molar-refractivity contribution < 1.29 is 94.9 Å². The summed E-state index contributed by atoms with van der Waals surface area (Å²) in [6.07, 6.45) is 21.2. The molecule has 7 aromatic rings. The first-order valence-corrected chi connectivity index (χ1v) is 51.1. The molecule has 9 rings (SSSR count). The van der Waals surface area contributed by atoms with E-state index in [1.54, 1.807) is 113 Å². The fourth-order valence-corrected chi connectivity index (χ4v) is 23.5. The number of amides is 1. The average molecular weight is 2110 g/mol. The monoisotopic (exact) mass is 2110 g/mol. The highest BCUT2D eigenvalue weighted by Gasteiger charge is 2.36. The molecule has 0 fully saturated rings. The first kappa shape index (κ1) is 131. The maximum atomic E-state index is 13.4. The fraction of sp³-hybridized carbons (Fsp3) is 0.483. The van der Waals surface area contributed by atoms with E-state index in [0.717, 1.165) is 18.3 Å². The van der Waals surface area contributed by atoms with E-state index >= 15 is 0 Å². The van der Waals surface area contributed by atoms with Gasteiger partial charge in [0, 0.05) is 171 Å². The summed E-state index contributed by atoms with van der Waals surface area (Å²) >= 11 is 17.9. The zero-order valence-electron chi connectivity index (χ0n) is 77.0. The Kier molecular flexibility index (Phi) is 54.8. The second-order valence-corrected chi connectivity index (χ2v) is 43.4. The van der Waals surface area contributed by atoms with Crippen molar-refractivity contribution in [3.63, 3.8) is 0 Å². The van der Waals surface area contributed by atoms with Crippen LogP contribution in [0, 0.1) is 35.3 Å². The Hall–Kier alpha value is -9.06. The van der Waals surface area contributed by atoms with Gasteiger partial charge < -0.3 is 56.4 Å². The topological polar surface area (TPSA) is 436 Å². The Labute approximate surface area is 825 Å². The summed E-state index contributed by atoms with van der Waals surface area (Å²) in [5.74, 6) is -4.62. The van der Waals surface area contributed by atoms with Gasteiger partial charge in [0.15, 0.2) is 11.6 Å². The quantitative estimate of drug-likeness (QED) is 0.0115. The minimum atomic E-state index is -3.97. The molecule has 770 valence electrons. The van der Waals surface area contributed by atoms with E-state index in [1.807, 2.05) is 73.6 Å². The predicted molar refractivity (Wildman–Crippen MR) is 546 cm³/mol. The molecule has 0 spiro atoms. The normalized spacial score (nSPS) is 16.2. The number of nitrogens with one attached hydrogen (secondary N) is 6. The molecule has 2 aliphatic heterocycles. The zero-order chi connectivity index (χ0) is 99.1. The van der Waals surface area contributed by atoms with E-state index in [0.29, 0.717) is 49.4 Å². The van der Waals surface area contributed by atoms with Crippen LogP contribution < -0.4 is 28.9 Å². The third kappa shape index (κ3) is 31.7. The number of aryl methyl sites for hydroxylation is 6. The summed E-state index contributed by atoms with van der Waals surface area (Å²) in [6.45, 7) is 36.9. The number of rotatable bonds is 28. The number of hydrogen-bond donors (Lipinski definition) is 6. The van der Waals surface area contributed by atoms with Gasteiger partial charge in [-0.25, -0.2) is 107 Å². The van der Waals surface area contributed by atoms with Crippen molar-refractivity contribution in [3.8, 4) is 0 Å². The number of esters is 5. The number of fused-ring (bicyclic) bond motifs is 2. The largest absolute Gasteiger partial charge is 0.461 e. The first-order chi connectivity index (χ1) is 60.6. The van der Waals surface area contributed by atoms with Crippen LogP contribution in [-0.4, -0.2) is 189 Å². The summed E-state index contributed by atoms with van der Waals surface area (Å²) in [7, 11) is 2.75. The number of carbonyl (C=O) groups excluding carboxylic acids is 6. The van der Waals surface area contributed by atoms with Crippen molar-refractivity contribution in [2.75, 3.05) is 73.6 Å². The minimum Gasteiger partial charge on any atom is -0.461 e. The van der Waals surface area contributed by atoms with E-state index in [4.69, 9.17) is 69.2 Å². The van der Waals surface area contributed by atoms with Gasteiger partial charge in [0.2, 0.25) is 10.0 Å². The van der Waals surface area contributed by atoms with E-state index in [1.165, 1.54) is 87.6 Å². The van der Waals surface area contributed by atoms with Crippen LogP contribution in [0.5, 0.6) is 0 Å².